The number of aromatic nitrogens is 2. The Bertz CT molecular complexity index is 1070. The van der Waals surface area contributed by atoms with Crippen LogP contribution in [-0.2, 0) is 24.3 Å². The molecular weight excluding hydrogens is 386 g/mol. The number of amides is 1. The molecule has 158 valence electrons. The van der Waals surface area contributed by atoms with Crippen LogP contribution in [0, 0.1) is 17.2 Å². The molecule has 1 atom stereocenters. The monoisotopic (exact) mass is 413 g/mol. The number of carbonyl (C=O) groups is 1. The van der Waals surface area contributed by atoms with Crippen molar-refractivity contribution < 1.29 is 4.79 Å². The van der Waals surface area contributed by atoms with Crippen LogP contribution in [0.4, 0.5) is 5.69 Å². The molecule has 0 saturated heterocycles. The van der Waals surface area contributed by atoms with Crippen molar-refractivity contribution in [1.29, 1.82) is 5.26 Å². The van der Waals surface area contributed by atoms with Crippen molar-refractivity contribution in [1.82, 2.24) is 14.9 Å². The van der Waals surface area contributed by atoms with Gasteiger partial charge in [-0.25, -0.2) is 4.98 Å². The summed E-state index contributed by atoms with van der Waals surface area (Å²) in [4.78, 5) is 24.9. The fourth-order valence-corrected chi connectivity index (χ4v) is 4.23. The van der Waals surface area contributed by atoms with Gasteiger partial charge in [0.1, 0.15) is 0 Å². The minimum Gasteiger partial charge on any atom is -0.363 e. The molecule has 6 heteroatoms. The molecule has 6 nitrogen and oxygen atoms in total. The van der Waals surface area contributed by atoms with Crippen LogP contribution < -0.4 is 4.90 Å². The molecular formula is C25H27N5O. The highest BCUT2D eigenvalue weighted by atomic mass is 16.2. The second-order valence-corrected chi connectivity index (χ2v) is 8.38. The first kappa shape index (κ1) is 20.7. The van der Waals surface area contributed by atoms with Gasteiger partial charge in [0.15, 0.2) is 0 Å². The number of nitrogens with one attached hydrogen (secondary N) is 1. The summed E-state index contributed by atoms with van der Waals surface area (Å²) in [7, 11) is 0. The van der Waals surface area contributed by atoms with Gasteiger partial charge in [-0.2, -0.15) is 5.26 Å². The predicted molar refractivity (Wildman–Crippen MR) is 120 cm³/mol. The highest BCUT2D eigenvalue weighted by molar-refractivity contribution is 5.79. The molecule has 1 unspecified atom stereocenters. The zero-order valence-corrected chi connectivity index (χ0v) is 18.0. The molecule has 31 heavy (non-hydrogen) atoms. The topological polar surface area (TPSA) is 76.0 Å². The first-order valence-corrected chi connectivity index (χ1v) is 10.6. The number of nitrogens with zero attached hydrogens (tertiary/aromatic N) is 4. The standard InChI is InChI=1S/C25H27N5O/c1-18(2)25(31)30-14-21-10-20(12-26)8-9-24(21)29(15-22-13-27-17-28-22)16-23(30)11-19-6-4-3-5-7-19/h3-10,13,17-18,23H,11,14-16H2,1-2H3,(H,27,28). The number of hydrogen-bond donors (Lipinski definition) is 1. The Labute approximate surface area is 183 Å². The Morgan fingerprint density at radius 2 is 2.06 bits per heavy atom. The molecule has 0 fully saturated rings. The number of fused-ring (bicyclic) bond motifs is 1. The number of aromatic amines is 1. The molecule has 4 rings (SSSR count). The first-order chi connectivity index (χ1) is 15.0. The highest BCUT2D eigenvalue weighted by Gasteiger charge is 2.32. The van der Waals surface area contributed by atoms with Crippen LogP contribution in [0.3, 0.4) is 0 Å². The minimum atomic E-state index is -0.0972. The second kappa shape index (κ2) is 9.05. The molecule has 2 aromatic carbocycles. The lowest BCUT2D eigenvalue weighted by Gasteiger charge is -2.34. The van der Waals surface area contributed by atoms with Crippen LogP contribution in [0.2, 0.25) is 0 Å². The lowest BCUT2D eigenvalue weighted by Crippen LogP contribution is -2.47. The average Bonchev–Trinajstić information content (AvgIpc) is 3.24. The van der Waals surface area contributed by atoms with E-state index in [0.717, 1.165) is 23.4 Å². The summed E-state index contributed by atoms with van der Waals surface area (Å²) in [6.07, 6.45) is 4.29. The number of nitriles is 1. The third kappa shape index (κ3) is 4.61. The number of imidazole rings is 1. The van der Waals surface area contributed by atoms with E-state index < -0.39 is 0 Å². The second-order valence-electron chi connectivity index (χ2n) is 8.38. The van der Waals surface area contributed by atoms with E-state index in [4.69, 9.17) is 0 Å². The van der Waals surface area contributed by atoms with Crippen LogP contribution in [0.25, 0.3) is 0 Å². The van der Waals surface area contributed by atoms with Crippen LogP contribution in [0.1, 0.15) is 36.2 Å². The van der Waals surface area contributed by atoms with E-state index in [1.165, 1.54) is 5.56 Å². The zero-order valence-electron chi connectivity index (χ0n) is 18.0. The van der Waals surface area contributed by atoms with Crippen molar-refractivity contribution in [2.24, 2.45) is 5.92 Å². The molecule has 1 aliphatic heterocycles. The van der Waals surface area contributed by atoms with Gasteiger partial charge in [-0.05, 0) is 35.7 Å². The molecule has 0 bridgehead atoms. The quantitative estimate of drug-likeness (QED) is 0.688. The SMILES string of the molecule is CC(C)C(=O)N1Cc2cc(C#N)ccc2N(Cc2cnc[nH]2)CC1Cc1ccccc1. The van der Waals surface area contributed by atoms with Gasteiger partial charge < -0.3 is 14.8 Å². The molecule has 0 spiro atoms. The van der Waals surface area contributed by atoms with Crippen LogP contribution in [0.5, 0.6) is 0 Å². The highest BCUT2D eigenvalue weighted by Crippen LogP contribution is 2.31. The number of rotatable bonds is 5. The largest absolute Gasteiger partial charge is 0.363 e. The molecule has 0 aliphatic carbocycles. The zero-order chi connectivity index (χ0) is 21.8. The van der Waals surface area contributed by atoms with Gasteiger partial charge in [0.25, 0.3) is 0 Å². The van der Waals surface area contributed by atoms with Crippen molar-refractivity contribution in [3.05, 3.63) is 83.4 Å². The fraction of sp³-hybridized carbons (Fsp3) is 0.320. The Hall–Kier alpha value is -3.59. The first-order valence-electron chi connectivity index (χ1n) is 10.6. The summed E-state index contributed by atoms with van der Waals surface area (Å²) in [6.45, 7) is 5.75. The van der Waals surface area contributed by atoms with Gasteiger partial charge in [0.2, 0.25) is 5.91 Å². The van der Waals surface area contributed by atoms with Crippen LogP contribution >= 0.6 is 0 Å². The molecule has 2 heterocycles. The Morgan fingerprint density at radius 3 is 2.74 bits per heavy atom. The van der Waals surface area contributed by atoms with Crippen molar-refractivity contribution in [2.75, 3.05) is 11.4 Å². The normalized spacial score (nSPS) is 16.0. The third-order valence-electron chi connectivity index (χ3n) is 5.77. The molecule has 1 aliphatic rings. The van der Waals surface area contributed by atoms with E-state index in [9.17, 15) is 10.1 Å². The van der Waals surface area contributed by atoms with Crippen LogP contribution in [-0.4, -0.2) is 33.4 Å². The summed E-state index contributed by atoms with van der Waals surface area (Å²) >= 11 is 0. The maximum atomic E-state index is 13.3. The lowest BCUT2D eigenvalue weighted by atomic mass is 10.0. The van der Waals surface area contributed by atoms with E-state index in [1.54, 1.807) is 6.33 Å². The van der Waals surface area contributed by atoms with Crippen molar-refractivity contribution in [3.63, 3.8) is 0 Å². The molecule has 3 aromatic rings. The summed E-state index contributed by atoms with van der Waals surface area (Å²) in [5.74, 6) is 0.0395. The molecule has 1 amide bonds. The summed E-state index contributed by atoms with van der Waals surface area (Å²) in [6, 6.07) is 18.3. The smallest absolute Gasteiger partial charge is 0.225 e. The third-order valence-corrected chi connectivity index (χ3v) is 5.77. The number of anilines is 1. The summed E-state index contributed by atoms with van der Waals surface area (Å²) < 4.78 is 0. The summed E-state index contributed by atoms with van der Waals surface area (Å²) in [5.41, 5.74) is 4.89. The van der Waals surface area contributed by atoms with Gasteiger partial charge in [0, 0.05) is 30.9 Å². The maximum Gasteiger partial charge on any atom is 0.225 e. The predicted octanol–water partition coefficient (Wildman–Crippen LogP) is 3.90. The fourth-order valence-electron chi connectivity index (χ4n) is 4.23. The Kier molecular flexibility index (Phi) is 6.03. The number of hydrogen-bond acceptors (Lipinski definition) is 4. The van der Waals surface area contributed by atoms with Gasteiger partial charge in [-0.15, -0.1) is 0 Å². The van der Waals surface area contributed by atoms with Gasteiger partial charge in [0.05, 0.1) is 36.2 Å². The van der Waals surface area contributed by atoms with Gasteiger partial charge in [-0.3, -0.25) is 4.79 Å². The van der Waals surface area contributed by atoms with Crippen molar-refractivity contribution in [2.45, 2.75) is 39.4 Å². The van der Waals surface area contributed by atoms with E-state index in [-0.39, 0.29) is 17.9 Å². The molecule has 1 N–H and O–H groups in total. The van der Waals surface area contributed by atoms with Crippen molar-refractivity contribution >= 4 is 11.6 Å². The summed E-state index contributed by atoms with van der Waals surface area (Å²) in [5, 5.41) is 9.44. The van der Waals surface area contributed by atoms with Gasteiger partial charge in [-0.1, -0.05) is 44.2 Å². The lowest BCUT2D eigenvalue weighted by molar-refractivity contribution is -0.137. The Morgan fingerprint density at radius 1 is 1.26 bits per heavy atom. The molecule has 0 radical (unpaired) electrons. The van der Waals surface area contributed by atoms with E-state index in [1.807, 2.05) is 61.3 Å². The average molecular weight is 414 g/mol. The number of benzene rings is 2. The van der Waals surface area contributed by atoms with Crippen molar-refractivity contribution in [3.8, 4) is 6.07 Å². The Balaban J connectivity index is 1.76. The molecule has 1 aromatic heterocycles. The van der Waals surface area contributed by atoms with E-state index in [2.05, 4.69) is 33.1 Å². The minimum absolute atomic E-state index is 0.0122. The van der Waals surface area contributed by atoms with Crippen LogP contribution in [0.15, 0.2) is 61.1 Å². The van der Waals surface area contributed by atoms with Gasteiger partial charge >= 0.3 is 0 Å². The number of carbonyl (C=O) groups excluding carboxylic acids is 1. The maximum absolute atomic E-state index is 13.3. The van der Waals surface area contributed by atoms with E-state index >= 15 is 0 Å². The number of H-pyrrole nitrogens is 1. The van der Waals surface area contributed by atoms with E-state index in [0.29, 0.717) is 25.2 Å². The molecule has 0 saturated carbocycles.